The number of carbonyl (C=O) groups excluding carboxylic acids is 2. The fourth-order valence-corrected chi connectivity index (χ4v) is 2.40. The van der Waals surface area contributed by atoms with Crippen molar-refractivity contribution in [1.29, 1.82) is 0 Å². The van der Waals surface area contributed by atoms with Crippen molar-refractivity contribution in [3.05, 3.63) is 0 Å². The van der Waals surface area contributed by atoms with Crippen LogP contribution >= 0.6 is 0 Å². The van der Waals surface area contributed by atoms with Crippen LogP contribution in [0.2, 0.25) is 0 Å². The van der Waals surface area contributed by atoms with Crippen molar-refractivity contribution in [2.24, 2.45) is 5.92 Å². The van der Waals surface area contributed by atoms with Gasteiger partial charge in [0.05, 0.1) is 11.5 Å². The minimum Gasteiger partial charge on any atom is -0.428 e. The Hall–Kier alpha value is -1.14. The zero-order valence-corrected chi connectivity index (χ0v) is 11.5. The third-order valence-electron chi connectivity index (χ3n) is 3.38. The van der Waals surface area contributed by atoms with Crippen molar-refractivity contribution in [3.63, 3.8) is 0 Å². The van der Waals surface area contributed by atoms with Crippen LogP contribution in [0, 0.1) is 5.92 Å². The number of hydrogen-bond donors (Lipinski definition) is 0. The Bertz CT molecular complexity index is 350. The van der Waals surface area contributed by atoms with Crippen molar-refractivity contribution >= 4 is 11.9 Å². The molecule has 0 N–H and O–H groups in total. The minimum atomic E-state index is -0.823. The maximum atomic E-state index is 12.1. The first-order chi connectivity index (χ1) is 8.09. The van der Waals surface area contributed by atoms with Gasteiger partial charge >= 0.3 is 11.9 Å². The van der Waals surface area contributed by atoms with Crippen LogP contribution < -0.4 is 0 Å². The van der Waals surface area contributed by atoms with Gasteiger partial charge in [0.25, 0.3) is 0 Å². The SMILES string of the molecule is CC(=O)OCOC(=O)C1CC(C)(C)N([O])C1(C)C. The molecule has 0 aliphatic carbocycles. The molecule has 0 aromatic carbocycles. The van der Waals surface area contributed by atoms with E-state index in [-0.39, 0.29) is 0 Å². The highest BCUT2D eigenvalue weighted by molar-refractivity contribution is 5.75. The molecule has 0 bridgehead atoms. The molecule has 103 valence electrons. The molecule has 0 spiro atoms. The molecular weight excluding hydrogens is 238 g/mol. The molecule has 1 rings (SSSR count). The van der Waals surface area contributed by atoms with Crippen LogP contribution in [0.25, 0.3) is 0 Å². The molecule has 18 heavy (non-hydrogen) atoms. The fourth-order valence-electron chi connectivity index (χ4n) is 2.40. The lowest BCUT2D eigenvalue weighted by Crippen LogP contribution is -2.47. The van der Waals surface area contributed by atoms with Crippen LogP contribution in [0.3, 0.4) is 0 Å². The van der Waals surface area contributed by atoms with Gasteiger partial charge in [-0.2, -0.15) is 0 Å². The van der Waals surface area contributed by atoms with E-state index in [1.165, 1.54) is 6.92 Å². The van der Waals surface area contributed by atoms with Gasteiger partial charge in [0.15, 0.2) is 0 Å². The highest BCUT2D eigenvalue weighted by atomic mass is 16.7. The van der Waals surface area contributed by atoms with Gasteiger partial charge in [-0.05, 0) is 34.1 Å². The maximum absolute atomic E-state index is 12.1. The van der Waals surface area contributed by atoms with Crippen LogP contribution in [-0.4, -0.2) is 34.9 Å². The molecule has 1 aliphatic rings. The summed E-state index contributed by atoms with van der Waals surface area (Å²) in [7, 11) is 0. The molecular formula is C12H20NO5. The van der Waals surface area contributed by atoms with Gasteiger partial charge in [0, 0.05) is 12.5 Å². The van der Waals surface area contributed by atoms with Crippen molar-refractivity contribution < 1.29 is 24.3 Å². The molecule has 1 heterocycles. The Labute approximate surface area is 107 Å². The molecule has 1 radical (unpaired) electrons. The Morgan fingerprint density at radius 1 is 1.22 bits per heavy atom. The van der Waals surface area contributed by atoms with Crippen LogP contribution in [0.15, 0.2) is 0 Å². The van der Waals surface area contributed by atoms with Gasteiger partial charge < -0.3 is 9.47 Å². The topological polar surface area (TPSA) is 75.7 Å². The smallest absolute Gasteiger partial charge is 0.313 e. The third-order valence-corrected chi connectivity index (χ3v) is 3.38. The highest BCUT2D eigenvalue weighted by Crippen LogP contribution is 2.44. The molecule has 1 saturated heterocycles. The Kier molecular flexibility index (Phi) is 4.02. The fraction of sp³-hybridized carbons (Fsp3) is 0.833. The van der Waals surface area contributed by atoms with E-state index in [2.05, 4.69) is 4.74 Å². The largest absolute Gasteiger partial charge is 0.428 e. The molecule has 6 nitrogen and oxygen atoms in total. The van der Waals surface area contributed by atoms with Gasteiger partial charge in [-0.25, -0.2) is 0 Å². The van der Waals surface area contributed by atoms with Gasteiger partial charge in [-0.3, -0.25) is 9.59 Å². The van der Waals surface area contributed by atoms with Gasteiger partial charge in [0.2, 0.25) is 6.79 Å². The summed E-state index contributed by atoms with van der Waals surface area (Å²) < 4.78 is 9.41. The molecule has 0 amide bonds. The first kappa shape index (κ1) is 14.9. The maximum Gasteiger partial charge on any atom is 0.313 e. The molecule has 6 heteroatoms. The molecule has 0 aromatic rings. The van der Waals surface area contributed by atoms with E-state index in [0.29, 0.717) is 6.42 Å². The minimum absolute atomic E-state index is 0.403. The van der Waals surface area contributed by atoms with E-state index < -0.39 is 35.7 Å². The summed E-state index contributed by atoms with van der Waals surface area (Å²) in [6.45, 7) is 7.84. The van der Waals surface area contributed by atoms with E-state index in [1.54, 1.807) is 27.7 Å². The summed E-state index contributed by atoms with van der Waals surface area (Å²) in [5.74, 6) is -1.55. The normalized spacial score (nSPS) is 25.8. The molecule has 1 aliphatic heterocycles. The first-order valence-corrected chi connectivity index (χ1v) is 5.86. The number of carbonyl (C=O) groups is 2. The van der Waals surface area contributed by atoms with E-state index in [4.69, 9.17) is 4.74 Å². The summed E-state index contributed by atoms with van der Waals surface area (Å²) in [4.78, 5) is 22.5. The third kappa shape index (κ3) is 2.81. The lowest BCUT2D eigenvalue weighted by Gasteiger charge is -2.32. The average Bonchev–Trinajstić information content (AvgIpc) is 2.38. The monoisotopic (exact) mass is 258 g/mol. The molecule has 1 unspecified atom stereocenters. The molecule has 0 saturated carbocycles. The molecule has 0 aromatic heterocycles. The van der Waals surface area contributed by atoms with Gasteiger partial charge in [0.1, 0.15) is 0 Å². The average molecular weight is 258 g/mol. The number of ether oxygens (including phenoxy) is 2. The van der Waals surface area contributed by atoms with Crippen molar-refractivity contribution in [3.8, 4) is 0 Å². The number of nitrogens with zero attached hydrogens (tertiary/aromatic N) is 1. The van der Waals surface area contributed by atoms with E-state index in [9.17, 15) is 14.8 Å². The Morgan fingerprint density at radius 2 is 1.78 bits per heavy atom. The molecule has 1 atom stereocenters. The number of hydrogen-bond acceptors (Lipinski definition) is 5. The predicted molar refractivity (Wildman–Crippen MR) is 61.5 cm³/mol. The summed E-state index contributed by atoms with van der Waals surface area (Å²) in [6, 6.07) is 0. The molecule has 1 fully saturated rings. The Balaban J connectivity index is 2.66. The van der Waals surface area contributed by atoms with Crippen molar-refractivity contribution in [1.82, 2.24) is 5.06 Å². The van der Waals surface area contributed by atoms with Crippen LogP contribution in [0.5, 0.6) is 0 Å². The predicted octanol–water partition coefficient (Wildman–Crippen LogP) is 1.27. The summed E-state index contributed by atoms with van der Waals surface area (Å²) >= 11 is 0. The van der Waals surface area contributed by atoms with Crippen LogP contribution in [-0.2, 0) is 24.3 Å². The van der Waals surface area contributed by atoms with Crippen molar-refractivity contribution in [2.75, 3.05) is 6.79 Å². The van der Waals surface area contributed by atoms with Crippen molar-refractivity contribution in [2.45, 2.75) is 52.1 Å². The second kappa shape index (κ2) is 4.85. The van der Waals surface area contributed by atoms with E-state index >= 15 is 0 Å². The summed E-state index contributed by atoms with van der Waals surface area (Å²) in [5, 5.41) is 13.0. The first-order valence-electron chi connectivity index (χ1n) is 5.86. The highest BCUT2D eigenvalue weighted by Gasteiger charge is 2.55. The Morgan fingerprint density at radius 3 is 2.17 bits per heavy atom. The zero-order chi connectivity index (χ0) is 14.1. The number of rotatable bonds is 3. The lowest BCUT2D eigenvalue weighted by atomic mass is 9.87. The lowest BCUT2D eigenvalue weighted by molar-refractivity contribution is -0.249. The summed E-state index contributed by atoms with van der Waals surface area (Å²) in [5.41, 5.74) is -1.43. The number of hydroxylamine groups is 2. The second-order valence-electron chi connectivity index (χ2n) is 5.73. The van der Waals surface area contributed by atoms with Gasteiger partial charge in [-0.15, -0.1) is 10.3 Å². The van der Waals surface area contributed by atoms with E-state index in [0.717, 1.165) is 5.06 Å². The number of esters is 2. The summed E-state index contributed by atoms with van der Waals surface area (Å²) in [6.07, 6.45) is 0.419. The standard InChI is InChI=1S/C12H20NO5/c1-8(14)17-7-18-10(15)9-6-11(2,3)13(16)12(9,4)5/h9H,6-7H2,1-5H3. The van der Waals surface area contributed by atoms with E-state index in [1.807, 2.05) is 0 Å². The van der Waals surface area contributed by atoms with Crippen LogP contribution in [0.1, 0.15) is 41.0 Å². The second-order valence-corrected chi connectivity index (χ2v) is 5.73. The zero-order valence-electron chi connectivity index (χ0n) is 11.5. The van der Waals surface area contributed by atoms with Crippen LogP contribution in [0.4, 0.5) is 0 Å². The van der Waals surface area contributed by atoms with Gasteiger partial charge in [-0.1, -0.05) is 0 Å². The quantitative estimate of drug-likeness (QED) is 0.563.